The van der Waals surface area contributed by atoms with Crippen molar-refractivity contribution in [3.63, 3.8) is 0 Å². The molecule has 2 N–H and O–H groups in total. The van der Waals surface area contributed by atoms with Gasteiger partial charge in [-0.2, -0.15) is 0 Å². The average molecular weight is 356 g/mol. The lowest BCUT2D eigenvalue weighted by molar-refractivity contribution is -0.140. The number of nitrogens with zero attached hydrogens (tertiary/aromatic N) is 1. The Morgan fingerprint density at radius 1 is 1.25 bits per heavy atom. The molecule has 1 aromatic carbocycles. The van der Waals surface area contributed by atoms with Gasteiger partial charge in [0.1, 0.15) is 5.60 Å². The van der Waals surface area contributed by atoms with Gasteiger partial charge in [0.2, 0.25) is 0 Å². The topological polar surface area (TPSA) is 70.7 Å². The number of benzene rings is 1. The fraction of sp³-hybridized carbons (Fsp3) is 0.529. The summed E-state index contributed by atoms with van der Waals surface area (Å²) in [6.45, 7) is 3.39. The summed E-state index contributed by atoms with van der Waals surface area (Å²) in [5.41, 5.74) is 1.37. The summed E-state index contributed by atoms with van der Waals surface area (Å²) in [6.07, 6.45) is 1.29. The summed E-state index contributed by atoms with van der Waals surface area (Å²) < 4.78 is 5.52. The van der Waals surface area contributed by atoms with E-state index in [0.717, 1.165) is 18.7 Å². The van der Waals surface area contributed by atoms with Crippen molar-refractivity contribution in [3.05, 3.63) is 29.3 Å². The zero-order chi connectivity index (χ0) is 17.0. The van der Waals surface area contributed by atoms with Gasteiger partial charge in [0.25, 0.3) is 11.8 Å². The van der Waals surface area contributed by atoms with Crippen LogP contribution in [0.4, 0.5) is 5.69 Å². The quantitative estimate of drug-likeness (QED) is 0.864. The summed E-state index contributed by atoms with van der Waals surface area (Å²) in [4.78, 5) is 26.2. The minimum Gasteiger partial charge on any atom is -0.368 e. The lowest BCUT2D eigenvalue weighted by atomic mass is 9.91. The van der Waals surface area contributed by atoms with E-state index in [1.807, 2.05) is 13.0 Å². The highest BCUT2D eigenvalue weighted by atomic mass is 35.5. The molecule has 1 aliphatic heterocycles. The van der Waals surface area contributed by atoms with Crippen molar-refractivity contribution < 1.29 is 14.3 Å². The molecule has 1 heterocycles. The summed E-state index contributed by atoms with van der Waals surface area (Å²) in [7, 11) is 5.02. The van der Waals surface area contributed by atoms with Crippen LogP contribution in [0.1, 0.15) is 28.8 Å². The molecule has 1 fully saturated rings. The molecule has 0 unspecified atom stereocenters. The number of nitrogens with one attached hydrogen (secondary N) is 2. The van der Waals surface area contributed by atoms with Gasteiger partial charge >= 0.3 is 0 Å². The molecule has 0 atom stereocenters. The van der Waals surface area contributed by atoms with Gasteiger partial charge in [0.05, 0.1) is 0 Å². The minimum absolute atomic E-state index is 0. The van der Waals surface area contributed by atoms with Crippen LogP contribution in [0.25, 0.3) is 0 Å². The van der Waals surface area contributed by atoms with Gasteiger partial charge < -0.3 is 20.3 Å². The molecule has 0 bridgehead atoms. The van der Waals surface area contributed by atoms with E-state index < -0.39 is 5.60 Å². The Balaban J connectivity index is 0.00000288. The number of amides is 2. The number of carbonyl (C=O) groups excluding carboxylic acids is 2. The molecule has 0 aliphatic carbocycles. The van der Waals surface area contributed by atoms with Gasteiger partial charge in [-0.25, -0.2) is 0 Å². The third-order valence-corrected chi connectivity index (χ3v) is 4.34. The molecule has 6 nitrogen and oxygen atoms in total. The van der Waals surface area contributed by atoms with Crippen LogP contribution in [0.5, 0.6) is 0 Å². The van der Waals surface area contributed by atoms with Gasteiger partial charge in [0.15, 0.2) is 0 Å². The predicted molar refractivity (Wildman–Crippen MR) is 96.9 cm³/mol. The van der Waals surface area contributed by atoms with Crippen LogP contribution in [0.2, 0.25) is 0 Å². The lowest BCUT2D eigenvalue weighted by Gasteiger charge is -2.34. The third-order valence-electron chi connectivity index (χ3n) is 4.34. The smallest absolute Gasteiger partial charge is 0.256 e. The summed E-state index contributed by atoms with van der Waals surface area (Å²) >= 11 is 0. The number of aryl methyl sites for hydroxylation is 1. The molecule has 1 saturated heterocycles. The van der Waals surface area contributed by atoms with E-state index in [1.54, 1.807) is 33.3 Å². The van der Waals surface area contributed by atoms with Crippen LogP contribution < -0.4 is 10.6 Å². The zero-order valence-corrected chi connectivity index (χ0v) is 15.5. The molecule has 7 heteroatoms. The molecule has 24 heavy (non-hydrogen) atoms. The highest BCUT2D eigenvalue weighted by Crippen LogP contribution is 2.25. The number of carbonyl (C=O) groups is 2. The van der Waals surface area contributed by atoms with Crippen molar-refractivity contribution in [3.8, 4) is 0 Å². The zero-order valence-electron chi connectivity index (χ0n) is 14.6. The van der Waals surface area contributed by atoms with Crippen molar-refractivity contribution in [1.29, 1.82) is 0 Å². The standard InChI is InChI=1S/C17H25N3O3.ClH/c1-12-11-13(5-6-14(12)15(21)20(2)3)19-16(22)17(23-4)7-9-18-10-8-17;/h5-6,11,18H,7-10H2,1-4H3,(H,19,22);1H. The van der Waals surface area contributed by atoms with Crippen molar-refractivity contribution in [2.24, 2.45) is 0 Å². The summed E-state index contributed by atoms with van der Waals surface area (Å²) in [5, 5.41) is 6.15. The van der Waals surface area contributed by atoms with E-state index in [0.29, 0.717) is 24.1 Å². The van der Waals surface area contributed by atoms with Gasteiger partial charge in [-0.1, -0.05) is 0 Å². The molecule has 1 aliphatic rings. The number of ether oxygens (including phenoxy) is 1. The van der Waals surface area contributed by atoms with Crippen molar-refractivity contribution in [1.82, 2.24) is 10.2 Å². The van der Waals surface area contributed by atoms with Crippen molar-refractivity contribution in [2.45, 2.75) is 25.4 Å². The van der Waals surface area contributed by atoms with Crippen LogP contribution in [0.3, 0.4) is 0 Å². The van der Waals surface area contributed by atoms with Crippen LogP contribution in [0.15, 0.2) is 18.2 Å². The second-order valence-electron chi connectivity index (χ2n) is 6.13. The third kappa shape index (κ3) is 4.26. The largest absolute Gasteiger partial charge is 0.368 e. The first-order valence-electron chi connectivity index (χ1n) is 7.79. The maximum absolute atomic E-state index is 12.6. The summed E-state index contributed by atoms with van der Waals surface area (Å²) in [6, 6.07) is 5.32. The maximum Gasteiger partial charge on any atom is 0.256 e. The second kappa shape index (κ2) is 8.46. The number of methoxy groups -OCH3 is 1. The first kappa shape index (κ1) is 20.4. The fourth-order valence-corrected chi connectivity index (χ4v) is 2.82. The normalized spacial score (nSPS) is 16.0. The van der Waals surface area contributed by atoms with E-state index in [2.05, 4.69) is 10.6 Å². The molecule has 2 rings (SSSR count). The van der Waals surface area contributed by atoms with Crippen LogP contribution in [0, 0.1) is 6.92 Å². The lowest BCUT2D eigenvalue weighted by Crippen LogP contribution is -2.51. The Bertz CT molecular complexity index is 599. The average Bonchev–Trinajstić information content (AvgIpc) is 2.54. The molecule has 0 saturated carbocycles. The van der Waals surface area contributed by atoms with E-state index in [4.69, 9.17) is 4.74 Å². The number of piperidine rings is 1. The number of halogens is 1. The van der Waals surface area contributed by atoms with Gasteiger partial charge in [0, 0.05) is 32.5 Å². The molecule has 0 aromatic heterocycles. The highest BCUT2D eigenvalue weighted by molar-refractivity contribution is 5.99. The minimum atomic E-state index is -0.780. The predicted octanol–water partition coefficient (Wildman–Crippen LogP) is 1.83. The van der Waals surface area contributed by atoms with E-state index in [9.17, 15) is 9.59 Å². The van der Waals surface area contributed by atoms with Gasteiger partial charge in [-0.3, -0.25) is 9.59 Å². The van der Waals surface area contributed by atoms with E-state index in [-0.39, 0.29) is 24.2 Å². The van der Waals surface area contributed by atoms with Crippen LogP contribution in [-0.2, 0) is 9.53 Å². The first-order chi connectivity index (χ1) is 10.9. The number of hydrogen-bond acceptors (Lipinski definition) is 4. The second-order valence-corrected chi connectivity index (χ2v) is 6.13. The SMILES string of the molecule is COC1(C(=O)Nc2ccc(C(=O)N(C)C)c(C)c2)CCNCC1.Cl. The molecular formula is C17H26ClN3O3. The van der Waals surface area contributed by atoms with Crippen molar-refractivity contribution >= 4 is 29.9 Å². The fourth-order valence-electron chi connectivity index (χ4n) is 2.82. The molecule has 2 amide bonds. The Kier molecular flexibility index (Phi) is 7.20. The molecule has 1 aromatic rings. The Morgan fingerprint density at radius 2 is 1.88 bits per heavy atom. The molecular weight excluding hydrogens is 330 g/mol. The van der Waals surface area contributed by atoms with Crippen LogP contribution >= 0.6 is 12.4 Å². The number of rotatable bonds is 4. The van der Waals surface area contributed by atoms with E-state index >= 15 is 0 Å². The molecule has 0 spiro atoms. The monoisotopic (exact) mass is 355 g/mol. The number of hydrogen-bond donors (Lipinski definition) is 2. The highest BCUT2D eigenvalue weighted by Gasteiger charge is 2.39. The first-order valence-corrected chi connectivity index (χ1v) is 7.79. The maximum atomic E-state index is 12.6. The number of anilines is 1. The Labute approximate surface area is 149 Å². The van der Waals surface area contributed by atoms with Crippen molar-refractivity contribution in [2.75, 3.05) is 39.6 Å². The van der Waals surface area contributed by atoms with E-state index in [1.165, 1.54) is 4.90 Å². The van der Waals surface area contributed by atoms with Gasteiger partial charge in [-0.15, -0.1) is 12.4 Å². The Hall–Kier alpha value is -1.63. The van der Waals surface area contributed by atoms with Crippen LogP contribution in [-0.4, -0.2) is 56.6 Å². The van der Waals surface area contributed by atoms with Gasteiger partial charge in [-0.05, 0) is 56.6 Å². The summed E-state index contributed by atoms with van der Waals surface area (Å²) in [5.74, 6) is -0.181. The molecule has 0 radical (unpaired) electrons. The Morgan fingerprint density at radius 3 is 2.38 bits per heavy atom. The molecule has 134 valence electrons.